The van der Waals surface area contributed by atoms with E-state index in [0.29, 0.717) is 19.0 Å². The van der Waals surface area contributed by atoms with Gasteiger partial charge in [0.25, 0.3) is 5.91 Å². The molecule has 1 aromatic carbocycles. The number of amides is 1. The van der Waals surface area contributed by atoms with Gasteiger partial charge < -0.3 is 10.0 Å². The summed E-state index contributed by atoms with van der Waals surface area (Å²) in [6.45, 7) is 1.85. The third-order valence-electron chi connectivity index (χ3n) is 2.42. The maximum Gasteiger partial charge on any atom is 0.257 e. The minimum absolute atomic E-state index is 0.0190. The Kier molecular flexibility index (Phi) is 5.15. The van der Waals surface area contributed by atoms with Crippen molar-refractivity contribution in [1.29, 1.82) is 0 Å². The molecular weight excluding hydrogens is 247 g/mol. The van der Waals surface area contributed by atoms with Crippen molar-refractivity contribution >= 4 is 5.91 Å². The van der Waals surface area contributed by atoms with E-state index in [1.165, 1.54) is 4.90 Å². The third-order valence-corrected chi connectivity index (χ3v) is 2.42. The Hall–Kier alpha value is -1.56. The molecular formula is C12H14F3NO2. The van der Waals surface area contributed by atoms with E-state index in [-0.39, 0.29) is 13.2 Å². The van der Waals surface area contributed by atoms with Gasteiger partial charge in [0, 0.05) is 13.1 Å². The predicted octanol–water partition coefficient (Wildman–Crippen LogP) is 1.95. The highest BCUT2D eigenvalue weighted by molar-refractivity contribution is 5.94. The van der Waals surface area contributed by atoms with Crippen molar-refractivity contribution in [2.75, 3.05) is 19.7 Å². The van der Waals surface area contributed by atoms with Crippen LogP contribution >= 0.6 is 0 Å². The highest BCUT2D eigenvalue weighted by Crippen LogP contribution is 2.17. The van der Waals surface area contributed by atoms with Crippen LogP contribution in [0.25, 0.3) is 0 Å². The smallest absolute Gasteiger partial charge is 0.257 e. The fourth-order valence-electron chi connectivity index (χ4n) is 1.57. The molecule has 0 saturated carbocycles. The van der Waals surface area contributed by atoms with Crippen molar-refractivity contribution in [3.63, 3.8) is 0 Å². The summed E-state index contributed by atoms with van der Waals surface area (Å²) in [5.74, 6) is -5.27. The lowest BCUT2D eigenvalue weighted by Gasteiger charge is -2.21. The largest absolute Gasteiger partial charge is 0.395 e. The summed E-state index contributed by atoms with van der Waals surface area (Å²) in [6.07, 6.45) is 0.608. The second kappa shape index (κ2) is 6.39. The van der Waals surface area contributed by atoms with Gasteiger partial charge in [-0.25, -0.2) is 13.2 Å². The average Bonchev–Trinajstić information content (AvgIpc) is 2.35. The fraction of sp³-hybridized carbons (Fsp3) is 0.417. The minimum Gasteiger partial charge on any atom is -0.395 e. The van der Waals surface area contributed by atoms with Crippen LogP contribution in [-0.4, -0.2) is 35.6 Å². The van der Waals surface area contributed by atoms with Crippen LogP contribution in [-0.2, 0) is 0 Å². The van der Waals surface area contributed by atoms with Crippen LogP contribution in [0, 0.1) is 17.5 Å². The molecule has 18 heavy (non-hydrogen) atoms. The quantitative estimate of drug-likeness (QED) is 0.823. The highest BCUT2D eigenvalue weighted by atomic mass is 19.2. The number of benzene rings is 1. The normalized spacial score (nSPS) is 10.5. The summed E-state index contributed by atoms with van der Waals surface area (Å²) in [5, 5.41) is 8.81. The molecule has 0 atom stereocenters. The van der Waals surface area contributed by atoms with Gasteiger partial charge in [0.05, 0.1) is 12.2 Å². The SMILES string of the molecule is CCCN(CCO)C(=O)c1ccc(F)c(F)c1F. The van der Waals surface area contributed by atoms with Crippen LogP contribution in [0.4, 0.5) is 13.2 Å². The second-order valence-electron chi connectivity index (χ2n) is 3.74. The van der Waals surface area contributed by atoms with Crippen LogP contribution in [0.3, 0.4) is 0 Å². The summed E-state index contributed by atoms with van der Waals surface area (Å²) in [6, 6.07) is 1.60. The number of carbonyl (C=O) groups excluding carboxylic acids is 1. The molecule has 0 aliphatic carbocycles. The van der Waals surface area contributed by atoms with E-state index in [9.17, 15) is 18.0 Å². The zero-order valence-electron chi connectivity index (χ0n) is 9.92. The number of carbonyl (C=O) groups is 1. The summed E-state index contributed by atoms with van der Waals surface area (Å²) >= 11 is 0. The molecule has 100 valence electrons. The molecule has 6 heteroatoms. The van der Waals surface area contributed by atoms with Crippen molar-refractivity contribution in [3.8, 4) is 0 Å². The van der Waals surface area contributed by atoms with Crippen LogP contribution in [0.5, 0.6) is 0 Å². The number of aliphatic hydroxyl groups excluding tert-OH is 1. The Labute approximate surface area is 103 Å². The molecule has 3 nitrogen and oxygen atoms in total. The number of aliphatic hydroxyl groups is 1. The molecule has 0 aromatic heterocycles. The first-order chi connectivity index (χ1) is 8.52. The lowest BCUT2D eigenvalue weighted by atomic mass is 10.1. The zero-order chi connectivity index (χ0) is 13.7. The summed E-state index contributed by atoms with van der Waals surface area (Å²) in [5.41, 5.74) is -0.532. The van der Waals surface area contributed by atoms with Gasteiger partial charge in [-0.3, -0.25) is 4.79 Å². The van der Waals surface area contributed by atoms with E-state index in [4.69, 9.17) is 5.11 Å². The number of hydrogen-bond acceptors (Lipinski definition) is 2. The van der Waals surface area contributed by atoms with Crippen LogP contribution in [0.1, 0.15) is 23.7 Å². The molecule has 0 heterocycles. The third kappa shape index (κ3) is 3.01. The molecule has 0 radical (unpaired) electrons. The molecule has 1 aromatic rings. The predicted molar refractivity (Wildman–Crippen MR) is 59.6 cm³/mol. The molecule has 0 saturated heterocycles. The van der Waals surface area contributed by atoms with Gasteiger partial charge >= 0.3 is 0 Å². The van der Waals surface area contributed by atoms with Crippen molar-refractivity contribution in [3.05, 3.63) is 35.1 Å². The molecule has 0 bridgehead atoms. The Morgan fingerprint density at radius 1 is 1.22 bits per heavy atom. The molecule has 0 spiro atoms. The van der Waals surface area contributed by atoms with Gasteiger partial charge in [-0.05, 0) is 18.6 Å². The topological polar surface area (TPSA) is 40.5 Å². The van der Waals surface area contributed by atoms with E-state index in [2.05, 4.69) is 0 Å². The monoisotopic (exact) mass is 261 g/mol. The first kappa shape index (κ1) is 14.5. The molecule has 0 aliphatic rings. The van der Waals surface area contributed by atoms with Crippen LogP contribution in [0.15, 0.2) is 12.1 Å². The molecule has 1 N–H and O–H groups in total. The molecule has 1 amide bonds. The van der Waals surface area contributed by atoms with Crippen molar-refractivity contribution < 1.29 is 23.1 Å². The molecule has 0 fully saturated rings. The van der Waals surface area contributed by atoms with Crippen LogP contribution < -0.4 is 0 Å². The van der Waals surface area contributed by atoms with E-state index in [0.717, 1.165) is 6.07 Å². The minimum atomic E-state index is -1.67. The lowest BCUT2D eigenvalue weighted by molar-refractivity contribution is 0.0716. The Balaban J connectivity index is 3.05. The molecule has 0 unspecified atom stereocenters. The average molecular weight is 261 g/mol. The standard InChI is InChI=1S/C12H14F3NO2/c1-2-5-16(6-7-17)12(18)8-3-4-9(13)11(15)10(8)14/h3-4,17H,2,5-7H2,1H3. The molecule has 1 rings (SSSR count). The maximum absolute atomic E-state index is 13.4. The Morgan fingerprint density at radius 2 is 1.89 bits per heavy atom. The maximum atomic E-state index is 13.4. The van der Waals surface area contributed by atoms with Crippen molar-refractivity contribution in [2.24, 2.45) is 0 Å². The number of hydrogen-bond donors (Lipinski definition) is 1. The van der Waals surface area contributed by atoms with E-state index < -0.39 is 28.9 Å². The summed E-state index contributed by atoms with van der Waals surface area (Å²) < 4.78 is 39.2. The second-order valence-corrected chi connectivity index (χ2v) is 3.74. The van der Waals surface area contributed by atoms with E-state index in [1.54, 1.807) is 6.92 Å². The molecule has 0 aliphatic heterocycles. The van der Waals surface area contributed by atoms with Crippen molar-refractivity contribution in [2.45, 2.75) is 13.3 Å². The Morgan fingerprint density at radius 3 is 2.44 bits per heavy atom. The van der Waals surface area contributed by atoms with Gasteiger partial charge in [0.1, 0.15) is 0 Å². The van der Waals surface area contributed by atoms with Gasteiger partial charge in [-0.15, -0.1) is 0 Å². The van der Waals surface area contributed by atoms with Crippen molar-refractivity contribution in [1.82, 2.24) is 4.90 Å². The first-order valence-electron chi connectivity index (χ1n) is 5.56. The van der Waals surface area contributed by atoms with E-state index >= 15 is 0 Å². The summed E-state index contributed by atoms with van der Waals surface area (Å²) in [7, 11) is 0. The Bertz CT molecular complexity index is 432. The number of rotatable bonds is 5. The van der Waals surface area contributed by atoms with Gasteiger partial charge in [0.15, 0.2) is 17.5 Å². The van der Waals surface area contributed by atoms with Gasteiger partial charge in [-0.1, -0.05) is 6.92 Å². The number of nitrogens with zero attached hydrogens (tertiary/aromatic N) is 1. The lowest BCUT2D eigenvalue weighted by Crippen LogP contribution is -2.35. The first-order valence-corrected chi connectivity index (χ1v) is 5.56. The zero-order valence-corrected chi connectivity index (χ0v) is 9.92. The summed E-state index contributed by atoms with van der Waals surface area (Å²) in [4.78, 5) is 13.1. The fourth-order valence-corrected chi connectivity index (χ4v) is 1.57. The van der Waals surface area contributed by atoms with Gasteiger partial charge in [-0.2, -0.15) is 0 Å². The van der Waals surface area contributed by atoms with Crippen LogP contribution in [0.2, 0.25) is 0 Å². The van der Waals surface area contributed by atoms with E-state index in [1.807, 2.05) is 0 Å². The number of halogens is 3. The van der Waals surface area contributed by atoms with Gasteiger partial charge in [0.2, 0.25) is 0 Å². The highest BCUT2D eigenvalue weighted by Gasteiger charge is 2.22.